The van der Waals surface area contributed by atoms with Crippen LogP contribution in [0.15, 0.2) is 18.2 Å². The number of benzene rings is 1. The van der Waals surface area contributed by atoms with E-state index in [4.69, 9.17) is 0 Å². The number of ether oxygens (including phenoxy) is 1. The van der Waals surface area contributed by atoms with Crippen LogP contribution in [-0.4, -0.2) is 25.5 Å². The van der Waals surface area contributed by atoms with Crippen molar-refractivity contribution in [2.75, 3.05) is 18.6 Å². The van der Waals surface area contributed by atoms with Gasteiger partial charge >= 0.3 is 5.97 Å². The molecule has 0 saturated carbocycles. The van der Waals surface area contributed by atoms with Crippen molar-refractivity contribution in [2.24, 2.45) is 0 Å². The molecule has 1 aliphatic rings. The molecule has 1 heterocycles. The summed E-state index contributed by atoms with van der Waals surface area (Å²) < 4.78 is 4.58. The smallest absolute Gasteiger partial charge is 0.307 e. The second-order valence-corrected chi connectivity index (χ2v) is 3.93. The molecule has 0 spiro atoms. The minimum atomic E-state index is -0.299. The lowest BCUT2D eigenvalue weighted by molar-refractivity contribution is -0.140. The fraction of sp³-hybridized carbons (Fsp3) is 0.385. The monoisotopic (exact) mass is 232 g/mol. The predicted molar refractivity (Wildman–Crippen MR) is 62.6 cm³/mol. The average Bonchev–Trinajstić information content (AvgIpc) is 2.37. The molecule has 0 atom stereocenters. The van der Waals surface area contributed by atoms with Gasteiger partial charge in [0.1, 0.15) is 0 Å². The zero-order valence-electron chi connectivity index (χ0n) is 9.73. The quantitative estimate of drug-likeness (QED) is 0.738. The summed E-state index contributed by atoms with van der Waals surface area (Å²) in [6.07, 6.45) is 1.46. The largest absolute Gasteiger partial charge is 0.469 e. The topological polar surface area (TPSA) is 46.6 Å². The first-order valence-electron chi connectivity index (χ1n) is 5.58. The number of methoxy groups -OCH3 is 1. The van der Waals surface area contributed by atoms with Gasteiger partial charge in [-0.05, 0) is 30.2 Å². The summed E-state index contributed by atoms with van der Waals surface area (Å²) in [5.74, 6) is -0.236. The summed E-state index contributed by atoms with van der Waals surface area (Å²) in [6.45, 7) is 0.377. The van der Waals surface area contributed by atoms with Crippen molar-refractivity contribution in [3.05, 3.63) is 29.8 Å². The van der Waals surface area contributed by atoms with Crippen molar-refractivity contribution in [3.8, 4) is 0 Å². The molecular weight excluding hydrogens is 218 g/mol. The van der Waals surface area contributed by atoms with Crippen LogP contribution < -0.4 is 4.90 Å². The van der Waals surface area contributed by atoms with E-state index in [0.717, 1.165) is 17.7 Å². The molecule has 0 aliphatic carbocycles. The lowest BCUT2D eigenvalue weighted by Gasteiger charge is -2.28. The van der Waals surface area contributed by atoms with Crippen molar-refractivity contribution < 1.29 is 14.3 Å². The number of carbonyl (C=O) groups is 2. The van der Waals surface area contributed by atoms with Gasteiger partial charge in [0.05, 0.1) is 13.5 Å². The Bertz CT molecular complexity index is 442. The summed E-state index contributed by atoms with van der Waals surface area (Å²) in [7, 11) is 1.35. The molecule has 4 nitrogen and oxygen atoms in total. The Balaban J connectivity index is 2.15. The second kappa shape index (κ2) is 4.99. The fourth-order valence-electron chi connectivity index (χ4n) is 1.98. The van der Waals surface area contributed by atoms with E-state index in [9.17, 15) is 9.59 Å². The summed E-state index contributed by atoms with van der Waals surface area (Å²) in [5.41, 5.74) is 2.00. The van der Waals surface area contributed by atoms with Crippen LogP contribution in [0.5, 0.6) is 0 Å². The third-order valence-corrected chi connectivity index (χ3v) is 2.89. The highest BCUT2D eigenvalue weighted by molar-refractivity contribution is 5.96. The first-order valence-corrected chi connectivity index (χ1v) is 5.58. The second-order valence-electron chi connectivity index (χ2n) is 3.93. The lowest BCUT2D eigenvalue weighted by atomic mass is 10.0. The van der Waals surface area contributed by atoms with Gasteiger partial charge in [-0.3, -0.25) is 9.59 Å². The molecule has 1 amide bonds. The molecule has 4 heteroatoms. The molecule has 17 heavy (non-hydrogen) atoms. The SMILES string of the molecule is COC(=O)CCN1C(=O)CCc2c[c]ccc21. The molecule has 89 valence electrons. The molecule has 1 radical (unpaired) electrons. The minimum Gasteiger partial charge on any atom is -0.469 e. The molecule has 0 unspecified atom stereocenters. The van der Waals surface area contributed by atoms with E-state index in [1.165, 1.54) is 7.11 Å². The van der Waals surface area contributed by atoms with Gasteiger partial charge in [0.15, 0.2) is 0 Å². The van der Waals surface area contributed by atoms with Crippen LogP contribution in [0, 0.1) is 6.07 Å². The van der Waals surface area contributed by atoms with Crippen molar-refractivity contribution >= 4 is 17.6 Å². The molecule has 0 bridgehead atoms. The lowest BCUT2D eigenvalue weighted by Crippen LogP contribution is -2.36. The van der Waals surface area contributed by atoms with E-state index in [1.807, 2.05) is 12.1 Å². The Labute approximate surface area is 100 Å². The van der Waals surface area contributed by atoms with Crippen molar-refractivity contribution in [1.29, 1.82) is 0 Å². The Hall–Kier alpha value is -1.84. The highest BCUT2D eigenvalue weighted by Gasteiger charge is 2.23. The van der Waals surface area contributed by atoms with Crippen LogP contribution in [0.4, 0.5) is 5.69 Å². The first-order chi connectivity index (χ1) is 8.22. The molecule has 1 aromatic rings. The van der Waals surface area contributed by atoms with E-state index < -0.39 is 0 Å². The number of amides is 1. The average molecular weight is 232 g/mol. The Kier molecular flexibility index (Phi) is 3.42. The van der Waals surface area contributed by atoms with Crippen LogP contribution >= 0.6 is 0 Å². The van der Waals surface area contributed by atoms with Gasteiger partial charge in [-0.2, -0.15) is 0 Å². The van der Waals surface area contributed by atoms with E-state index in [0.29, 0.717) is 13.0 Å². The van der Waals surface area contributed by atoms with Crippen LogP contribution in [0.1, 0.15) is 18.4 Å². The van der Waals surface area contributed by atoms with Gasteiger partial charge in [0.25, 0.3) is 0 Å². The summed E-state index contributed by atoms with van der Waals surface area (Å²) >= 11 is 0. The number of aryl methyl sites for hydroxylation is 1. The maximum Gasteiger partial charge on any atom is 0.307 e. The molecule has 1 aliphatic heterocycles. The highest BCUT2D eigenvalue weighted by atomic mass is 16.5. The highest BCUT2D eigenvalue weighted by Crippen LogP contribution is 2.27. The number of anilines is 1. The van der Waals surface area contributed by atoms with E-state index >= 15 is 0 Å². The van der Waals surface area contributed by atoms with Gasteiger partial charge in [-0.15, -0.1) is 0 Å². The zero-order chi connectivity index (χ0) is 12.3. The maximum atomic E-state index is 11.8. The van der Waals surface area contributed by atoms with Crippen molar-refractivity contribution in [3.63, 3.8) is 0 Å². The number of hydrogen-bond acceptors (Lipinski definition) is 3. The number of nitrogens with zero attached hydrogens (tertiary/aromatic N) is 1. The Morgan fingerprint density at radius 3 is 3.12 bits per heavy atom. The van der Waals surface area contributed by atoms with Gasteiger partial charge in [0, 0.05) is 18.7 Å². The normalized spacial score (nSPS) is 14.4. The number of fused-ring (bicyclic) bond motifs is 1. The Morgan fingerprint density at radius 1 is 1.53 bits per heavy atom. The molecule has 0 fully saturated rings. The molecule has 0 aromatic heterocycles. The molecule has 0 saturated heterocycles. The molecule has 0 N–H and O–H groups in total. The van der Waals surface area contributed by atoms with Gasteiger partial charge < -0.3 is 9.64 Å². The van der Waals surface area contributed by atoms with Gasteiger partial charge in [-0.1, -0.05) is 6.07 Å². The van der Waals surface area contributed by atoms with Crippen LogP contribution in [-0.2, 0) is 20.7 Å². The standard InChI is InChI=1S/C13H14NO3/c1-17-13(16)8-9-14-11-5-3-2-4-10(11)6-7-12(14)15/h3-5H,6-9H2,1H3. The molecule has 1 aromatic carbocycles. The van der Waals surface area contributed by atoms with Gasteiger partial charge in [-0.25, -0.2) is 0 Å². The van der Waals surface area contributed by atoms with Gasteiger partial charge in [0.2, 0.25) is 5.91 Å². The first kappa shape index (κ1) is 11.6. The fourth-order valence-corrected chi connectivity index (χ4v) is 1.98. The molecule has 2 rings (SSSR count). The van der Waals surface area contributed by atoms with E-state index in [1.54, 1.807) is 11.0 Å². The molecular formula is C13H14NO3. The van der Waals surface area contributed by atoms with Crippen LogP contribution in [0.2, 0.25) is 0 Å². The van der Waals surface area contributed by atoms with Crippen molar-refractivity contribution in [1.82, 2.24) is 0 Å². The van der Waals surface area contributed by atoms with E-state index in [2.05, 4.69) is 10.8 Å². The summed E-state index contributed by atoms with van der Waals surface area (Å²) in [5, 5.41) is 0. The number of rotatable bonds is 3. The maximum absolute atomic E-state index is 11.8. The number of hydrogen-bond donors (Lipinski definition) is 0. The third kappa shape index (κ3) is 2.46. The van der Waals surface area contributed by atoms with Crippen LogP contribution in [0.3, 0.4) is 0 Å². The summed E-state index contributed by atoms with van der Waals surface area (Å²) in [4.78, 5) is 24.6. The van der Waals surface area contributed by atoms with Crippen LogP contribution in [0.25, 0.3) is 0 Å². The minimum absolute atomic E-state index is 0.0626. The predicted octanol–water partition coefficient (Wildman–Crippen LogP) is 1.33. The van der Waals surface area contributed by atoms with Crippen molar-refractivity contribution in [2.45, 2.75) is 19.3 Å². The van der Waals surface area contributed by atoms with E-state index in [-0.39, 0.29) is 18.3 Å². The zero-order valence-corrected chi connectivity index (χ0v) is 9.73. The summed E-state index contributed by atoms with van der Waals surface area (Å²) in [6, 6.07) is 8.54. The Morgan fingerprint density at radius 2 is 2.35 bits per heavy atom. The third-order valence-electron chi connectivity index (χ3n) is 2.89. The number of esters is 1. The number of carbonyl (C=O) groups excluding carboxylic acids is 2.